The van der Waals surface area contributed by atoms with E-state index in [4.69, 9.17) is 0 Å². The Morgan fingerprint density at radius 2 is 1.94 bits per heavy atom. The third-order valence-corrected chi connectivity index (χ3v) is 3.76. The number of hydrogen-bond acceptors (Lipinski definition) is 2. The molecule has 0 spiro atoms. The lowest BCUT2D eigenvalue weighted by atomic mass is 10.0. The normalized spacial score (nSPS) is 17.2. The standard InChI is InChI=1S/C15H21NO/c1-4-12-5-7-13(8-6-12)15(17)11(2)16(3)14-9-10-14/h5-8,11,14H,4,9-10H2,1-3H3. The second kappa shape index (κ2) is 5.01. The molecule has 1 aliphatic carbocycles. The summed E-state index contributed by atoms with van der Waals surface area (Å²) < 4.78 is 0. The monoisotopic (exact) mass is 231 g/mol. The highest BCUT2D eigenvalue weighted by atomic mass is 16.1. The van der Waals surface area contributed by atoms with Gasteiger partial charge in [-0.2, -0.15) is 0 Å². The minimum absolute atomic E-state index is 0.00465. The Morgan fingerprint density at radius 1 is 1.35 bits per heavy atom. The van der Waals surface area contributed by atoms with Gasteiger partial charge < -0.3 is 0 Å². The summed E-state index contributed by atoms with van der Waals surface area (Å²) in [6, 6.07) is 8.64. The van der Waals surface area contributed by atoms with Crippen LogP contribution in [0.4, 0.5) is 0 Å². The largest absolute Gasteiger partial charge is 0.294 e. The van der Waals surface area contributed by atoms with Crippen molar-refractivity contribution in [3.8, 4) is 0 Å². The van der Waals surface area contributed by atoms with Crippen molar-refractivity contribution in [1.29, 1.82) is 0 Å². The molecule has 0 radical (unpaired) electrons. The summed E-state index contributed by atoms with van der Waals surface area (Å²) in [4.78, 5) is 14.5. The van der Waals surface area contributed by atoms with Gasteiger partial charge in [-0.3, -0.25) is 9.69 Å². The minimum Gasteiger partial charge on any atom is -0.294 e. The zero-order valence-corrected chi connectivity index (χ0v) is 10.9. The molecule has 1 saturated carbocycles. The van der Waals surface area contributed by atoms with Crippen LogP contribution in [-0.4, -0.2) is 29.8 Å². The lowest BCUT2D eigenvalue weighted by Crippen LogP contribution is -2.37. The molecule has 2 heteroatoms. The van der Waals surface area contributed by atoms with Gasteiger partial charge in [-0.25, -0.2) is 0 Å². The SMILES string of the molecule is CCc1ccc(C(=O)C(C)N(C)C2CC2)cc1. The van der Waals surface area contributed by atoms with Crippen molar-refractivity contribution in [3.05, 3.63) is 35.4 Å². The highest BCUT2D eigenvalue weighted by molar-refractivity contribution is 5.99. The maximum Gasteiger partial charge on any atom is 0.179 e. The number of ketones is 1. The van der Waals surface area contributed by atoms with Crippen LogP contribution in [0.5, 0.6) is 0 Å². The Labute approximate surface area is 104 Å². The highest BCUT2D eigenvalue weighted by Crippen LogP contribution is 2.27. The van der Waals surface area contributed by atoms with Crippen LogP contribution >= 0.6 is 0 Å². The average Bonchev–Trinajstić information content (AvgIpc) is 3.20. The summed E-state index contributed by atoms with van der Waals surface area (Å²) in [5.41, 5.74) is 2.12. The molecule has 0 saturated heterocycles. The van der Waals surface area contributed by atoms with E-state index in [1.807, 2.05) is 19.1 Å². The van der Waals surface area contributed by atoms with Crippen molar-refractivity contribution >= 4 is 5.78 Å². The maximum absolute atomic E-state index is 12.3. The molecule has 1 unspecified atom stereocenters. The van der Waals surface area contributed by atoms with Crippen LogP contribution < -0.4 is 0 Å². The Hall–Kier alpha value is -1.15. The number of hydrogen-bond donors (Lipinski definition) is 0. The molecule has 1 aromatic carbocycles. The zero-order valence-electron chi connectivity index (χ0n) is 10.9. The van der Waals surface area contributed by atoms with E-state index in [9.17, 15) is 4.79 Å². The second-order valence-electron chi connectivity index (χ2n) is 4.99. The fourth-order valence-corrected chi connectivity index (χ4v) is 2.13. The molecule has 1 aromatic rings. The predicted octanol–water partition coefficient (Wildman–Crippen LogP) is 2.91. The van der Waals surface area contributed by atoms with Gasteiger partial charge in [-0.05, 0) is 38.8 Å². The Kier molecular flexibility index (Phi) is 3.63. The van der Waals surface area contributed by atoms with Gasteiger partial charge in [0.25, 0.3) is 0 Å². The molecular formula is C15H21NO. The van der Waals surface area contributed by atoms with Gasteiger partial charge in [0.2, 0.25) is 0 Å². The molecule has 2 nitrogen and oxygen atoms in total. The third kappa shape index (κ3) is 2.75. The summed E-state index contributed by atoms with van der Waals surface area (Å²) in [5.74, 6) is 0.238. The number of likely N-dealkylation sites (N-methyl/N-ethyl adjacent to an activating group) is 1. The van der Waals surface area contributed by atoms with Gasteiger partial charge in [-0.1, -0.05) is 31.2 Å². The van der Waals surface area contributed by atoms with Gasteiger partial charge in [0.1, 0.15) is 0 Å². The topological polar surface area (TPSA) is 20.3 Å². The van der Waals surface area contributed by atoms with Crippen LogP contribution in [0, 0.1) is 0 Å². The fourth-order valence-electron chi connectivity index (χ4n) is 2.13. The van der Waals surface area contributed by atoms with Crippen LogP contribution in [-0.2, 0) is 6.42 Å². The van der Waals surface area contributed by atoms with Crippen molar-refractivity contribution in [3.63, 3.8) is 0 Å². The molecule has 1 fully saturated rings. The van der Waals surface area contributed by atoms with Crippen LogP contribution in [0.3, 0.4) is 0 Å². The van der Waals surface area contributed by atoms with E-state index in [2.05, 4.69) is 31.0 Å². The molecule has 0 amide bonds. The highest BCUT2D eigenvalue weighted by Gasteiger charge is 2.32. The van der Waals surface area contributed by atoms with E-state index in [1.54, 1.807) is 0 Å². The van der Waals surface area contributed by atoms with Gasteiger partial charge in [0.15, 0.2) is 5.78 Å². The molecule has 0 heterocycles. The van der Waals surface area contributed by atoms with Crippen molar-refractivity contribution in [2.24, 2.45) is 0 Å². The number of carbonyl (C=O) groups is 1. The first-order chi connectivity index (χ1) is 8.13. The van der Waals surface area contributed by atoms with Crippen molar-refractivity contribution in [1.82, 2.24) is 4.90 Å². The Bertz CT molecular complexity index is 392. The molecule has 0 N–H and O–H groups in total. The number of nitrogens with zero attached hydrogens (tertiary/aromatic N) is 1. The number of aryl methyl sites for hydroxylation is 1. The van der Waals surface area contributed by atoms with Crippen LogP contribution in [0.2, 0.25) is 0 Å². The van der Waals surface area contributed by atoms with E-state index in [1.165, 1.54) is 18.4 Å². The molecule has 2 rings (SSSR count). The predicted molar refractivity (Wildman–Crippen MR) is 70.4 cm³/mol. The number of benzene rings is 1. The average molecular weight is 231 g/mol. The Balaban J connectivity index is 2.06. The molecule has 0 bridgehead atoms. The smallest absolute Gasteiger partial charge is 0.179 e. The first kappa shape index (κ1) is 12.3. The van der Waals surface area contributed by atoms with E-state index in [-0.39, 0.29) is 11.8 Å². The van der Waals surface area contributed by atoms with Gasteiger partial charge in [0, 0.05) is 11.6 Å². The quantitative estimate of drug-likeness (QED) is 0.726. The van der Waals surface area contributed by atoms with Crippen molar-refractivity contribution < 1.29 is 4.79 Å². The lowest BCUT2D eigenvalue weighted by Gasteiger charge is -2.23. The van der Waals surface area contributed by atoms with E-state index >= 15 is 0 Å². The number of rotatable bonds is 5. The fraction of sp³-hybridized carbons (Fsp3) is 0.533. The molecule has 1 aliphatic rings. The summed E-state index contributed by atoms with van der Waals surface area (Å²) >= 11 is 0. The van der Waals surface area contributed by atoms with Gasteiger partial charge in [-0.15, -0.1) is 0 Å². The Morgan fingerprint density at radius 3 is 2.41 bits per heavy atom. The van der Waals surface area contributed by atoms with Crippen LogP contribution in [0.1, 0.15) is 42.6 Å². The summed E-state index contributed by atoms with van der Waals surface area (Å²) in [7, 11) is 2.06. The van der Waals surface area contributed by atoms with Crippen molar-refractivity contribution in [2.45, 2.75) is 45.2 Å². The van der Waals surface area contributed by atoms with Gasteiger partial charge in [0.05, 0.1) is 6.04 Å². The molecule has 0 aromatic heterocycles. The number of Topliss-reactive ketones (excluding diaryl/α,β-unsaturated/α-hetero) is 1. The lowest BCUT2D eigenvalue weighted by molar-refractivity contribution is 0.0861. The molecule has 0 aliphatic heterocycles. The summed E-state index contributed by atoms with van der Waals surface area (Å²) in [6.07, 6.45) is 3.50. The summed E-state index contributed by atoms with van der Waals surface area (Å²) in [5, 5.41) is 0. The first-order valence-corrected chi connectivity index (χ1v) is 6.48. The molecule has 1 atom stereocenters. The van der Waals surface area contributed by atoms with E-state index in [0.29, 0.717) is 6.04 Å². The van der Waals surface area contributed by atoms with Gasteiger partial charge >= 0.3 is 0 Å². The number of carbonyl (C=O) groups excluding carboxylic acids is 1. The van der Waals surface area contributed by atoms with Crippen LogP contribution in [0.15, 0.2) is 24.3 Å². The molecular weight excluding hydrogens is 210 g/mol. The summed E-state index contributed by atoms with van der Waals surface area (Å²) in [6.45, 7) is 4.13. The van der Waals surface area contributed by atoms with E-state index < -0.39 is 0 Å². The second-order valence-corrected chi connectivity index (χ2v) is 4.99. The van der Waals surface area contributed by atoms with Crippen LogP contribution in [0.25, 0.3) is 0 Å². The van der Waals surface area contributed by atoms with E-state index in [0.717, 1.165) is 12.0 Å². The minimum atomic E-state index is -0.00465. The molecule has 17 heavy (non-hydrogen) atoms. The maximum atomic E-state index is 12.3. The molecule has 92 valence electrons. The van der Waals surface area contributed by atoms with Crippen molar-refractivity contribution in [2.75, 3.05) is 7.05 Å². The zero-order chi connectivity index (χ0) is 12.4. The third-order valence-electron chi connectivity index (χ3n) is 3.76. The first-order valence-electron chi connectivity index (χ1n) is 6.48.